The van der Waals surface area contributed by atoms with Gasteiger partial charge in [-0.25, -0.2) is 9.37 Å². The van der Waals surface area contributed by atoms with Crippen molar-refractivity contribution in [3.05, 3.63) is 94.7 Å². The van der Waals surface area contributed by atoms with Crippen molar-refractivity contribution in [1.29, 1.82) is 0 Å². The van der Waals surface area contributed by atoms with Crippen molar-refractivity contribution >= 4 is 11.6 Å². The van der Waals surface area contributed by atoms with Crippen LogP contribution in [0.1, 0.15) is 30.7 Å². The molecule has 0 aliphatic carbocycles. The molecule has 0 amide bonds. The largest absolute Gasteiger partial charge is 0.481 e. The quantitative estimate of drug-likeness (QED) is 0.278. The minimum atomic E-state index is -0.734. The highest BCUT2D eigenvalue weighted by molar-refractivity contribution is 6.33. The van der Waals surface area contributed by atoms with Crippen molar-refractivity contribution in [3.8, 4) is 51.7 Å². The number of ether oxygens (including phenoxy) is 1. The van der Waals surface area contributed by atoms with Gasteiger partial charge in [0.1, 0.15) is 23.0 Å². The van der Waals surface area contributed by atoms with E-state index in [1.165, 1.54) is 12.5 Å². The molecule has 6 rings (SSSR count). The van der Waals surface area contributed by atoms with Crippen molar-refractivity contribution in [2.75, 3.05) is 0 Å². The summed E-state index contributed by atoms with van der Waals surface area (Å²) in [6, 6.07) is 17.8. The third-order valence-electron chi connectivity index (χ3n) is 5.97. The Morgan fingerprint density at radius 3 is 2.67 bits per heavy atom. The second-order valence-electron chi connectivity index (χ2n) is 8.77. The van der Waals surface area contributed by atoms with Crippen molar-refractivity contribution in [1.82, 2.24) is 20.2 Å². The Hall–Kier alpha value is -4.41. The highest BCUT2D eigenvalue weighted by Crippen LogP contribution is 2.45. The summed E-state index contributed by atoms with van der Waals surface area (Å²) >= 11 is 6.29. The summed E-state index contributed by atoms with van der Waals surface area (Å²) in [4.78, 5) is 7.96. The van der Waals surface area contributed by atoms with Gasteiger partial charge in [-0.1, -0.05) is 41.6 Å². The van der Waals surface area contributed by atoms with Crippen LogP contribution in [-0.4, -0.2) is 20.2 Å². The molecule has 0 radical (unpaired) electrons. The molecule has 0 unspecified atom stereocenters. The van der Waals surface area contributed by atoms with Gasteiger partial charge >= 0.3 is 0 Å². The fraction of sp³-hybridized carbons (Fsp3) is 0.107. The molecule has 1 aliphatic rings. The Morgan fingerprint density at radius 1 is 1.00 bits per heavy atom. The molecule has 0 saturated heterocycles. The molecule has 0 atom stereocenters. The van der Waals surface area contributed by atoms with E-state index < -0.39 is 11.4 Å². The normalized spacial score (nSPS) is 13.2. The molecule has 0 saturated carbocycles. The van der Waals surface area contributed by atoms with Crippen LogP contribution in [0.2, 0.25) is 5.02 Å². The van der Waals surface area contributed by atoms with E-state index in [9.17, 15) is 4.39 Å². The van der Waals surface area contributed by atoms with E-state index in [-0.39, 0.29) is 10.6 Å². The summed E-state index contributed by atoms with van der Waals surface area (Å²) in [5, 5.41) is 8.02. The lowest BCUT2D eigenvalue weighted by Crippen LogP contribution is -2.29. The number of fused-ring (bicyclic) bond motifs is 3. The Labute approximate surface area is 211 Å². The second-order valence-corrected chi connectivity index (χ2v) is 9.18. The first-order valence-electron chi connectivity index (χ1n) is 11.2. The van der Waals surface area contributed by atoms with E-state index in [2.05, 4.69) is 27.0 Å². The van der Waals surface area contributed by atoms with Gasteiger partial charge in [-0.3, -0.25) is 0 Å². The molecule has 2 aromatic heterocycles. The smallest absolute Gasteiger partial charge is 0.248 e. The standard InChI is InChI=1S/C28H18ClFN4O2/c1-28(2)25-24(32-26(33-25)23-20(29)8-5-9-21(23)30)19-13-11-16(14-22(19)36-28)10-12-17-6-3-4-7-18(17)27-34-31-15-35-27/h3-9,11,13-15H,1-2H3,(H,32,33). The summed E-state index contributed by atoms with van der Waals surface area (Å²) in [7, 11) is 0. The highest BCUT2D eigenvalue weighted by Gasteiger charge is 2.36. The predicted octanol–water partition coefficient (Wildman–Crippen LogP) is 6.61. The summed E-state index contributed by atoms with van der Waals surface area (Å²) in [6.07, 6.45) is 1.29. The second kappa shape index (κ2) is 8.36. The molecule has 5 aromatic rings. The molecular formula is C28H18ClFN4O2. The third kappa shape index (κ3) is 3.72. The van der Waals surface area contributed by atoms with Crippen LogP contribution < -0.4 is 4.74 Å². The number of aromatic amines is 1. The summed E-state index contributed by atoms with van der Waals surface area (Å²) in [6.45, 7) is 3.86. The lowest BCUT2D eigenvalue weighted by atomic mass is 9.94. The topological polar surface area (TPSA) is 76.8 Å². The molecule has 36 heavy (non-hydrogen) atoms. The summed E-state index contributed by atoms with van der Waals surface area (Å²) in [5.74, 6) is 7.35. The fourth-order valence-electron chi connectivity index (χ4n) is 4.26. The van der Waals surface area contributed by atoms with Crippen LogP contribution in [0, 0.1) is 17.7 Å². The number of rotatable bonds is 2. The zero-order valence-corrected chi connectivity index (χ0v) is 20.0. The van der Waals surface area contributed by atoms with E-state index >= 15 is 0 Å². The van der Waals surface area contributed by atoms with E-state index in [1.54, 1.807) is 12.1 Å². The maximum absolute atomic E-state index is 14.6. The predicted molar refractivity (Wildman–Crippen MR) is 134 cm³/mol. The maximum atomic E-state index is 14.6. The molecule has 176 valence electrons. The first kappa shape index (κ1) is 22.1. The number of hydrogen-bond acceptors (Lipinski definition) is 5. The first-order chi connectivity index (χ1) is 17.4. The van der Waals surface area contributed by atoms with Crippen molar-refractivity contribution < 1.29 is 13.5 Å². The number of imidazole rings is 1. The monoisotopic (exact) mass is 496 g/mol. The van der Waals surface area contributed by atoms with Crippen molar-refractivity contribution in [2.24, 2.45) is 0 Å². The number of benzene rings is 3. The third-order valence-corrected chi connectivity index (χ3v) is 6.28. The Balaban J connectivity index is 1.40. The molecule has 0 spiro atoms. The summed E-state index contributed by atoms with van der Waals surface area (Å²) < 4.78 is 26.3. The maximum Gasteiger partial charge on any atom is 0.248 e. The number of nitrogens with one attached hydrogen (secondary N) is 1. The molecular weight excluding hydrogens is 479 g/mol. The average molecular weight is 497 g/mol. The molecule has 0 fully saturated rings. The van der Waals surface area contributed by atoms with E-state index in [4.69, 9.17) is 25.7 Å². The van der Waals surface area contributed by atoms with Crippen LogP contribution in [0.3, 0.4) is 0 Å². The van der Waals surface area contributed by atoms with Gasteiger partial charge in [0.05, 0.1) is 27.5 Å². The lowest BCUT2D eigenvalue weighted by Gasteiger charge is -2.31. The first-order valence-corrected chi connectivity index (χ1v) is 11.5. The van der Waals surface area contributed by atoms with Gasteiger partial charge in [0.2, 0.25) is 12.3 Å². The number of nitrogens with zero attached hydrogens (tertiary/aromatic N) is 3. The number of H-pyrrole nitrogens is 1. The minimum Gasteiger partial charge on any atom is -0.481 e. The molecule has 6 nitrogen and oxygen atoms in total. The highest BCUT2D eigenvalue weighted by atomic mass is 35.5. The van der Waals surface area contributed by atoms with Crippen LogP contribution in [-0.2, 0) is 5.60 Å². The zero-order valence-electron chi connectivity index (χ0n) is 19.3. The Kier molecular flexibility index (Phi) is 5.13. The summed E-state index contributed by atoms with van der Waals surface area (Å²) in [5.41, 5.74) is 4.02. The van der Waals surface area contributed by atoms with Crippen LogP contribution in [0.25, 0.3) is 34.1 Å². The Bertz CT molecular complexity index is 1660. The molecule has 8 heteroatoms. The van der Waals surface area contributed by atoms with Crippen LogP contribution in [0.4, 0.5) is 4.39 Å². The van der Waals surface area contributed by atoms with Crippen LogP contribution >= 0.6 is 11.6 Å². The molecule has 0 bridgehead atoms. The minimum absolute atomic E-state index is 0.230. The van der Waals surface area contributed by atoms with E-state index in [0.717, 1.165) is 27.9 Å². The Morgan fingerprint density at radius 2 is 1.86 bits per heavy atom. The van der Waals surface area contributed by atoms with Gasteiger partial charge in [-0.05, 0) is 56.3 Å². The van der Waals surface area contributed by atoms with E-state index in [0.29, 0.717) is 23.2 Å². The van der Waals surface area contributed by atoms with Gasteiger partial charge in [0, 0.05) is 16.7 Å². The molecule has 1 aliphatic heterocycles. The molecule has 3 heterocycles. The van der Waals surface area contributed by atoms with Crippen molar-refractivity contribution in [3.63, 3.8) is 0 Å². The lowest BCUT2D eigenvalue weighted by molar-refractivity contribution is 0.101. The van der Waals surface area contributed by atoms with Gasteiger partial charge in [0.15, 0.2) is 0 Å². The SMILES string of the molecule is CC1(C)Oc2cc(C#Cc3ccccc3-c3nnco3)ccc2-c2nc(-c3c(F)cccc3Cl)[nH]c21. The van der Waals surface area contributed by atoms with Crippen LogP contribution in [0.5, 0.6) is 5.75 Å². The van der Waals surface area contributed by atoms with Gasteiger partial charge in [-0.2, -0.15) is 0 Å². The van der Waals surface area contributed by atoms with Crippen molar-refractivity contribution in [2.45, 2.75) is 19.4 Å². The van der Waals surface area contributed by atoms with E-state index in [1.807, 2.05) is 56.3 Å². The number of aromatic nitrogens is 4. The zero-order chi connectivity index (χ0) is 24.9. The van der Waals surface area contributed by atoms with Crippen LogP contribution in [0.15, 0.2) is 71.5 Å². The average Bonchev–Trinajstić information content (AvgIpc) is 3.54. The number of hydrogen-bond donors (Lipinski definition) is 1. The van der Waals surface area contributed by atoms with Gasteiger partial charge in [0.25, 0.3) is 0 Å². The molecule has 1 N–H and O–H groups in total. The number of halogens is 2. The fourth-order valence-corrected chi connectivity index (χ4v) is 4.51. The molecule has 3 aromatic carbocycles. The van der Waals surface area contributed by atoms with Gasteiger partial charge < -0.3 is 14.1 Å². The van der Waals surface area contributed by atoms with Gasteiger partial charge in [-0.15, -0.1) is 10.2 Å².